The Kier molecular flexibility index (Phi) is 4.37. The summed E-state index contributed by atoms with van der Waals surface area (Å²) in [5, 5.41) is 0.936. The van der Waals surface area contributed by atoms with Crippen LogP contribution in [0, 0.1) is 6.92 Å². The van der Waals surface area contributed by atoms with E-state index in [1.807, 2.05) is 67.6 Å². The van der Waals surface area contributed by atoms with Crippen LogP contribution < -0.4 is 10.4 Å². The predicted octanol–water partition coefficient (Wildman–Crippen LogP) is 4.52. The molecule has 3 heterocycles. The summed E-state index contributed by atoms with van der Waals surface area (Å²) in [7, 11) is 0. The minimum atomic E-state index is -0.323. The van der Waals surface area contributed by atoms with Gasteiger partial charge in [0.05, 0.1) is 16.8 Å². The molecule has 29 heavy (non-hydrogen) atoms. The van der Waals surface area contributed by atoms with Crippen molar-refractivity contribution in [1.82, 2.24) is 9.88 Å². The number of pyridine rings is 1. The quantitative estimate of drug-likeness (QED) is 0.486. The van der Waals surface area contributed by atoms with E-state index in [1.54, 1.807) is 6.20 Å². The van der Waals surface area contributed by atoms with Crippen LogP contribution in [0.15, 0.2) is 76.1 Å². The number of aryl methyl sites for hydroxylation is 1. The van der Waals surface area contributed by atoms with Crippen molar-refractivity contribution in [2.24, 2.45) is 0 Å². The molecule has 0 saturated heterocycles. The highest BCUT2D eigenvalue weighted by molar-refractivity contribution is 5.90. The van der Waals surface area contributed by atoms with E-state index in [0.717, 1.165) is 33.5 Å². The molecule has 0 fully saturated rings. The first kappa shape index (κ1) is 17.6. The standard InChI is InChI=1S/C24H20N2O3/c1-16-19-10-11-21-20(14-26(15-28-21)13-18-9-5-6-12-25-18)23(19)29-24(27)22(16)17-7-3-2-4-8-17/h2-12H,13-15H2,1H3. The fourth-order valence-corrected chi connectivity index (χ4v) is 3.93. The van der Waals surface area contributed by atoms with Crippen molar-refractivity contribution in [1.29, 1.82) is 0 Å². The van der Waals surface area contributed by atoms with Gasteiger partial charge in [0.15, 0.2) is 0 Å². The zero-order chi connectivity index (χ0) is 19.8. The van der Waals surface area contributed by atoms with Crippen LogP contribution >= 0.6 is 0 Å². The molecular formula is C24H20N2O3. The van der Waals surface area contributed by atoms with Crippen molar-refractivity contribution in [2.45, 2.75) is 20.0 Å². The van der Waals surface area contributed by atoms with Crippen LogP contribution in [0.3, 0.4) is 0 Å². The summed E-state index contributed by atoms with van der Waals surface area (Å²) in [4.78, 5) is 19.4. The fraction of sp³-hybridized carbons (Fsp3) is 0.167. The highest BCUT2D eigenvalue weighted by Gasteiger charge is 2.24. The average Bonchev–Trinajstić information content (AvgIpc) is 2.75. The maximum Gasteiger partial charge on any atom is 0.344 e. The topological polar surface area (TPSA) is 55.6 Å². The molecule has 0 atom stereocenters. The van der Waals surface area contributed by atoms with Crippen molar-refractivity contribution in [2.75, 3.05) is 6.73 Å². The Bertz CT molecular complexity index is 1230. The highest BCUT2D eigenvalue weighted by Crippen LogP contribution is 2.35. The van der Waals surface area contributed by atoms with E-state index in [9.17, 15) is 4.79 Å². The summed E-state index contributed by atoms with van der Waals surface area (Å²) < 4.78 is 11.8. The molecule has 144 valence electrons. The summed E-state index contributed by atoms with van der Waals surface area (Å²) in [5.74, 6) is 0.768. The van der Waals surface area contributed by atoms with Crippen molar-refractivity contribution in [3.63, 3.8) is 0 Å². The van der Waals surface area contributed by atoms with E-state index in [-0.39, 0.29) is 5.63 Å². The van der Waals surface area contributed by atoms with Gasteiger partial charge in [-0.2, -0.15) is 0 Å². The van der Waals surface area contributed by atoms with E-state index < -0.39 is 0 Å². The summed E-state index contributed by atoms with van der Waals surface area (Å²) in [5.41, 5.74) is 4.57. The normalized spacial score (nSPS) is 13.8. The number of aromatic nitrogens is 1. The molecule has 1 aliphatic rings. The molecule has 0 N–H and O–H groups in total. The fourth-order valence-electron chi connectivity index (χ4n) is 3.93. The molecule has 0 saturated carbocycles. The third kappa shape index (κ3) is 3.19. The first-order valence-electron chi connectivity index (χ1n) is 9.60. The van der Waals surface area contributed by atoms with Crippen LogP contribution in [0.25, 0.3) is 22.1 Å². The van der Waals surface area contributed by atoms with E-state index in [4.69, 9.17) is 9.15 Å². The summed E-state index contributed by atoms with van der Waals surface area (Å²) in [6.07, 6.45) is 1.79. The van der Waals surface area contributed by atoms with E-state index >= 15 is 0 Å². The maximum absolute atomic E-state index is 12.9. The second-order valence-corrected chi connectivity index (χ2v) is 7.26. The Morgan fingerprint density at radius 2 is 1.86 bits per heavy atom. The first-order chi connectivity index (χ1) is 14.2. The van der Waals surface area contributed by atoms with Gasteiger partial charge in [0, 0.05) is 24.7 Å². The molecule has 0 bridgehead atoms. The van der Waals surface area contributed by atoms with E-state index in [0.29, 0.717) is 31.0 Å². The lowest BCUT2D eigenvalue weighted by molar-refractivity contribution is 0.0878. The molecule has 0 aliphatic carbocycles. The molecule has 0 spiro atoms. The zero-order valence-corrected chi connectivity index (χ0v) is 16.1. The van der Waals surface area contributed by atoms with Gasteiger partial charge in [-0.15, -0.1) is 0 Å². The van der Waals surface area contributed by atoms with Gasteiger partial charge in [-0.3, -0.25) is 9.88 Å². The van der Waals surface area contributed by atoms with Gasteiger partial charge in [-0.05, 0) is 42.3 Å². The van der Waals surface area contributed by atoms with Gasteiger partial charge < -0.3 is 9.15 Å². The molecule has 5 rings (SSSR count). The van der Waals surface area contributed by atoms with E-state index in [1.165, 1.54) is 0 Å². The Morgan fingerprint density at radius 3 is 2.66 bits per heavy atom. The Labute approximate surface area is 168 Å². The summed E-state index contributed by atoms with van der Waals surface area (Å²) in [6, 6.07) is 19.5. The van der Waals surface area contributed by atoms with Crippen LogP contribution in [0.5, 0.6) is 5.75 Å². The number of rotatable bonds is 3. The van der Waals surface area contributed by atoms with Gasteiger partial charge >= 0.3 is 5.63 Å². The SMILES string of the molecule is Cc1c(-c2ccccc2)c(=O)oc2c3c(ccc12)OCN(Cc1ccccn1)C3. The molecule has 1 aliphatic heterocycles. The number of hydrogen-bond donors (Lipinski definition) is 0. The van der Waals surface area contributed by atoms with Crippen molar-refractivity contribution in [3.8, 4) is 16.9 Å². The molecule has 2 aromatic heterocycles. The number of fused-ring (bicyclic) bond motifs is 3. The van der Waals surface area contributed by atoms with Crippen LogP contribution in [0.1, 0.15) is 16.8 Å². The minimum absolute atomic E-state index is 0.323. The van der Waals surface area contributed by atoms with Gasteiger partial charge in [-0.25, -0.2) is 4.79 Å². The van der Waals surface area contributed by atoms with Crippen LogP contribution in [0.4, 0.5) is 0 Å². The molecule has 0 amide bonds. The number of hydrogen-bond acceptors (Lipinski definition) is 5. The smallest absolute Gasteiger partial charge is 0.344 e. The summed E-state index contributed by atoms with van der Waals surface area (Å²) >= 11 is 0. The third-order valence-corrected chi connectivity index (χ3v) is 5.35. The molecule has 4 aromatic rings. The largest absolute Gasteiger partial charge is 0.478 e. The summed E-state index contributed by atoms with van der Waals surface area (Å²) in [6.45, 7) is 3.75. The second kappa shape index (κ2) is 7.18. The number of benzene rings is 2. The predicted molar refractivity (Wildman–Crippen MR) is 112 cm³/mol. The lowest BCUT2D eigenvalue weighted by Gasteiger charge is -2.29. The van der Waals surface area contributed by atoms with Crippen molar-refractivity contribution < 1.29 is 9.15 Å². The zero-order valence-electron chi connectivity index (χ0n) is 16.1. The van der Waals surface area contributed by atoms with Crippen molar-refractivity contribution in [3.05, 3.63) is 94.1 Å². The van der Waals surface area contributed by atoms with Gasteiger partial charge in [0.1, 0.15) is 18.1 Å². The molecular weight excluding hydrogens is 364 g/mol. The number of nitrogens with zero attached hydrogens (tertiary/aromatic N) is 2. The molecule has 0 unspecified atom stereocenters. The van der Waals surface area contributed by atoms with Crippen LogP contribution in [-0.4, -0.2) is 16.6 Å². The Balaban J connectivity index is 1.58. The van der Waals surface area contributed by atoms with Gasteiger partial charge in [0.2, 0.25) is 0 Å². The van der Waals surface area contributed by atoms with Crippen LogP contribution in [0.2, 0.25) is 0 Å². The third-order valence-electron chi connectivity index (χ3n) is 5.35. The van der Waals surface area contributed by atoms with Gasteiger partial charge in [0.25, 0.3) is 0 Å². The van der Waals surface area contributed by atoms with E-state index in [2.05, 4.69) is 9.88 Å². The monoisotopic (exact) mass is 384 g/mol. The average molecular weight is 384 g/mol. The first-order valence-corrected chi connectivity index (χ1v) is 9.60. The maximum atomic E-state index is 12.9. The lowest BCUT2D eigenvalue weighted by atomic mass is 9.97. The Morgan fingerprint density at radius 1 is 1.03 bits per heavy atom. The lowest BCUT2D eigenvalue weighted by Crippen LogP contribution is -2.32. The van der Waals surface area contributed by atoms with Gasteiger partial charge in [-0.1, -0.05) is 36.4 Å². The minimum Gasteiger partial charge on any atom is -0.478 e. The molecule has 5 nitrogen and oxygen atoms in total. The Hall–Kier alpha value is -3.44. The molecule has 5 heteroatoms. The van der Waals surface area contributed by atoms with Crippen molar-refractivity contribution >= 4 is 11.0 Å². The molecule has 2 aromatic carbocycles. The number of ether oxygens (including phenoxy) is 1. The van der Waals surface area contributed by atoms with Crippen LogP contribution in [-0.2, 0) is 13.1 Å². The molecule has 0 radical (unpaired) electrons. The second-order valence-electron chi connectivity index (χ2n) is 7.26. The highest BCUT2D eigenvalue weighted by atomic mass is 16.5.